The molecule has 114 valence electrons. The van der Waals surface area contributed by atoms with Gasteiger partial charge in [-0.15, -0.1) is 11.3 Å². The third kappa shape index (κ3) is 3.65. The number of thiazole rings is 1. The van der Waals surface area contributed by atoms with Gasteiger partial charge in [-0.3, -0.25) is 4.79 Å². The summed E-state index contributed by atoms with van der Waals surface area (Å²) in [5.74, 6) is 1.32. The number of aromatic nitrogens is 1. The van der Waals surface area contributed by atoms with Gasteiger partial charge in [0, 0.05) is 17.2 Å². The van der Waals surface area contributed by atoms with Crippen molar-refractivity contribution in [2.75, 3.05) is 13.2 Å². The van der Waals surface area contributed by atoms with Crippen LogP contribution in [-0.2, 0) is 11.3 Å². The van der Waals surface area contributed by atoms with Gasteiger partial charge in [0.1, 0.15) is 13.2 Å². The summed E-state index contributed by atoms with van der Waals surface area (Å²) in [5, 5.41) is 3.83. The second kappa shape index (κ2) is 6.62. The number of rotatable bonds is 4. The van der Waals surface area contributed by atoms with E-state index < -0.39 is 0 Å². The van der Waals surface area contributed by atoms with Gasteiger partial charge in [-0.05, 0) is 30.7 Å². The number of carbonyl (C=O) groups excluding carboxylic acids is 1. The van der Waals surface area contributed by atoms with Crippen LogP contribution >= 0.6 is 11.3 Å². The Balaban J connectivity index is 1.57. The third-order valence-corrected chi connectivity index (χ3v) is 4.01. The normalized spacial score (nSPS) is 13.3. The lowest BCUT2D eigenvalue weighted by Crippen LogP contribution is -2.19. The lowest BCUT2D eigenvalue weighted by Gasteiger charge is -2.18. The zero-order chi connectivity index (χ0) is 15.4. The van der Waals surface area contributed by atoms with Gasteiger partial charge in [-0.2, -0.15) is 0 Å². The summed E-state index contributed by atoms with van der Waals surface area (Å²) in [7, 11) is 0. The zero-order valence-electron chi connectivity index (χ0n) is 12.2. The lowest BCUT2D eigenvalue weighted by atomic mass is 10.2. The number of hydrogen-bond acceptors (Lipinski definition) is 5. The molecule has 2 heterocycles. The summed E-state index contributed by atoms with van der Waals surface area (Å²) < 4.78 is 11.0. The topological polar surface area (TPSA) is 60.5 Å². The Morgan fingerprint density at radius 3 is 2.95 bits per heavy atom. The summed E-state index contributed by atoms with van der Waals surface area (Å²) in [4.78, 5) is 17.0. The van der Waals surface area contributed by atoms with Gasteiger partial charge >= 0.3 is 0 Å². The average molecular weight is 316 g/mol. The van der Waals surface area contributed by atoms with E-state index in [-0.39, 0.29) is 5.91 Å². The number of benzene rings is 1. The highest BCUT2D eigenvalue weighted by molar-refractivity contribution is 7.11. The maximum absolute atomic E-state index is 11.8. The minimum atomic E-state index is -0.138. The maximum atomic E-state index is 11.8. The van der Waals surface area contributed by atoms with Gasteiger partial charge < -0.3 is 14.8 Å². The van der Waals surface area contributed by atoms with Gasteiger partial charge in [0.2, 0.25) is 5.91 Å². The van der Waals surface area contributed by atoms with Crippen LogP contribution in [0.25, 0.3) is 6.08 Å². The molecular weight excluding hydrogens is 300 g/mol. The molecule has 5 nitrogen and oxygen atoms in total. The van der Waals surface area contributed by atoms with Gasteiger partial charge in [-0.1, -0.05) is 6.07 Å². The molecule has 0 saturated heterocycles. The highest BCUT2D eigenvalue weighted by Crippen LogP contribution is 2.31. The Morgan fingerprint density at radius 1 is 1.36 bits per heavy atom. The second-order valence-electron chi connectivity index (χ2n) is 4.80. The van der Waals surface area contributed by atoms with E-state index in [1.54, 1.807) is 23.6 Å². The molecule has 6 heteroatoms. The van der Waals surface area contributed by atoms with E-state index in [2.05, 4.69) is 10.3 Å². The Bertz CT molecular complexity index is 709. The molecule has 1 amide bonds. The Morgan fingerprint density at radius 2 is 2.18 bits per heavy atom. The van der Waals surface area contributed by atoms with Crippen molar-refractivity contribution in [1.29, 1.82) is 0 Å². The molecule has 0 atom stereocenters. The summed E-state index contributed by atoms with van der Waals surface area (Å²) in [6.07, 6.45) is 5.05. The molecule has 2 aromatic rings. The van der Waals surface area contributed by atoms with E-state index in [9.17, 15) is 4.79 Å². The molecule has 0 spiro atoms. The first-order chi connectivity index (χ1) is 10.7. The molecule has 3 rings (SSSR count). The molecule has 1 aliphatic rings. The SMILES string of the molecule is Cc1ncc(CNC(=O)C=Cc2ccc3c(c2)OCCO3)s1. The van der Waals surface area contributed by atoms with Crippen molar-refractivity contribution in [1.82, 2.24) is 10.3 Å². The van der Waals surface area contributed by atoms with E-state index in [0.717, 1.165) is 21.2 Å². The van der Waals surface area contributed by atoms with E-state index in [0.29, 0.717) is 25.5 Å². The number of ether oxygens (including phenoxy) is 2. The Kier molecular flexibility index (Phi) is 4.39. The number of amides is 1. The van der Waals surface area contributed by atoms with Gasteiger partial charge in [0.25, 0.3) is 0 Å². The van der Waals surface area contributed by atoms with Crippen LogP contribution in [-0.4, -0.2) is 24.1 Å². The molecule has 1 aromatic heterocycles. The average Bonchev–Trinajstić information content (AvgIpc) is 2.96. The van der Waals surface area contributed by atoms with Crippen LogP contribution in [0.4, 0.5) is 0 Å². The molecule has 1 N–H and O–H groups in total. The first-order valence-electron chi connectivity index (χ1n) is 6.97. The van der Waals surface area contributed by atoms with E-state index in [4.69, 9.17) is 9.47 Å². The van der Waals surface area contributed by atoms with Crippen molar-refractivity contribution in [3.63, 3.8) is 0 Å². The number of nitrogens with one attached hydrogen (secondary N) is 1. The molecule has 0 bridgehead atoms. The van der Waals surface area contributed by atoms with E-state index in [1.165, 1.54) is 6.08 Å². The summed E-state index contributed by atoms with van der Waals surface area (Å²) in [6.45, 7) is 3.56. The minimum absolute atomic E-state index is 0.138. The zero-order valence-corrected chi connectivity index (χ0v) is 13.0. The number of aryl methyl sites for hydroxylation is 1. The van der Waals surface area contributed by atoms with Crippen molar-refractivity contribution < 1.29 is 14.3 Å². The summed E-state index contributed by atoms with van der Waals surface area (Å²) >= 11 is 1.58. The maximum Gasteiger partial charge on any atom is 0.244 e. The quantitative estimate of drug-likeness (QED) is 0.881. The lowest BCUT2D eigenvalue weighted by molar-refractivity contribution is -0.116. The van der Waals surface area contributed by atoms with Gasteiger partial charge in [0.15, 0.2) is 11.5 Å². The molecule has 0 unspecified atom stereocenters. The molecule has 22 heavy (non-hydrogen) atoms. The van der Waals surface area contributed by atoms with Gasteiger partial charge in [-0.25, -0.2) is 4.98 Å². The summed E-state index contributed by atoms with van der Waals surface area (Å²) in [5.41, 5.74) is 0.896. The Labute approximate surface area is 132 Å². The predicted molar refractivity (Wildman–Crippen MR) is 85.2 cm³/mol. The molecular formula is C16H16N2O3S. The van der Waals surface area contributed by atoms with E-state index in [1.807, 2.05) is 25.1 Å². The number of hydrogen-bond donors (Lipinski definition) is 1. The molecule has 0 saturated carbocycles. The highest BCUT2D eigenvalue weighted by atomic mass is 32.1. The van der Waals surface area contributed by atoms with Crippen LogP contribution in [0.15, 0.2) is 30.5 Å². The minimum Gasteiger partial charge on any atom is -0.486 e. The number of fused-ring (bicyclic) bond motifs is 1. The fourth-order valence-electron chi connectivity index (χ4n) is 2.06. The van der Waals surface area contributed by atoms with Crippen molar-refractivity contribution in [3.05, 3.63) is 45.9 Å². The van der Waals surface area contributed by atoms with Crippen LogP contribution in [0, 0.1) is 6.92 Å². The largest absolute Gasteiger partial charge is 0.486 e. The van der Waals surface area contributed by atoms with Crippen LogP contribution in [0.2, 0.25) is 0 Å². The van der Waals surface area contributed by atoms with Crippen LogP contribution in [0.3, 0.4) is 0 Å². The first kappa shape index (κ1) is 14.6. The van der Waals surface area contributed by atoms with Gasteiger partial charge in [0.05, 0.1) is 11.6 Å². The fourth-order valence-corrected chi connectivity index (χ4v) is 2.79. The molecule has 0 fully saturated rings. The van der Waals surface area contributed by atoms with Crippen LogP contribution in [0.5, 0.6) is 11.5 Å². The molecule has 1 aliphatic heterocycles. The van der Waals surface area contributed by atoms with E-state index >= 15 is 0 Å². The summed E-state index contributed by atoms with van der Waals surface area (Å²) in [6, 6.07) is 5.61. The highest BCUT2D eigenvalue weighted by Gasteiger charge is 2.10. The standard InChI is InChI=1S/C16H16N2O3S/c1-11-17-9-13(22-11)10-18-16(19)5-3-12-2-4-14-15(8-12)21-7-6-20-14/h2-5,8-9H,6-7,10H2,1H3,(H,18,19). The second-order valence-corrected chi connectivity index (χ2v) is 6.12. The monoisotopic (exact) mass is 316 g/mol. The molecule has 1 aromatic carbocycles. The van der Waals surface area contributed by atoms with Crippen molar-refractivity contribution >= 4 is 23.3 Å². The molecule has 0 aliphatic carbocycles. The predicted octanol–water partition coefficient (Wildman–Crippen LogP) is 2.55. The van der Waals surface area contributed by atoms with Crippen molar-refractivity contribution in [2.45, 2.75) is 13.5 Å². The van der Waals surface area contributed by atoms with Crippen LogP contribution < -0.4 is 14.8 Å². The van der Waals surface area contributed by atoms with Crippen molar-refractivity contribution in [2.24, 2.45) is 0 Å². The Hall–Kier alpha value is -2.34. The van der Waals surface area contributed by atoms with Crippen molar-refractivity contribution in [3.8, 4) is 11.5 Å². The fraction of sp³-hybridized carbons (Fsp3) is 0.250. The molecule has 0 radical (unpaired) electrons. The third-order valence-electron chi connectivity index (χ3n) is 3.10. The number of nitrogens with zero attached hydrogens (tertiary/aromatic N) is 1. The van der Waals surface area contributed by atoms with Crippen LogP contribution in [0.1, 0.15) is 15.4 Å². The smallest absolute Gasteiger partial charge is 0.244 e. The first-order valence-corrected chi connectivity index (χ1v) is 7.79. The number of carbonyl (C=O) groups is 1.